The molecule has 1 aromatic rings. The van der Waals surface area contributed by atoms with Crippen molar-refractivity contribution in [2.45, 2.75) is 26.4 Å². The molecule has 1 N–H and O–H groups in total. The molecule has 1 atom stereocenters. The minimum absolute atomic E-state index is 0.102. The minimum atomic E-state index is -0.634. The van der Waals surface area contributed by atoms with Crippen LogP contribution in [0.3, 0.4) is 0 Å². The van der Waals surface area contributed by atoms with Crippen LogP contribution in [0.15, 0.2) is 24.8 Å². The summed E-state index contributed by atoms with van der Waals surface area (Å²) in [4.78, 5) is 23.9. The van der Waals surface area contributed by atoms with Gasteiger partial charge >= 0.3 is 0 Å². The maximum Gasteiger partial charge on any atom is 0.253 e. The summed E-state index contributed by atoms with van der Waals surface area (Å²) < 4.78 is 15.9. The Labute approximate surface area is 129 Å². The average molecular weight is 305 g/mol. The van der Waals surface area contributed by atoms with Crippen LogP contribution in [0.5, 0.6) is 11.5 Å². The Morgan fingerprint density at radius 1 is 1.41 bits per heavy atom. The van der Waals surface area contributed by atoms with Gasteiger partial charge in [0.05, 0.1) is 12.3 Å². The molecule has 1 amide bonds. The van der Waals surface area contributed by atoms with Gasteiger partial charge in [0.2, 0.25) is 6.79 Å². The third kappa shape index (κ3) is 3.65. The van der Waals surface area contributed by atoms with Gasteiger partial charge in [0.15, 0.2) is 17.3 Å². The highest BCUT2D eigenvalue weighted by atomic mass is 16.7. The number of rotatable bonds is 7. The number of nitrogens with one attached hydrogen (secondary N) is 1. The van der Waals surface area contributed by atoms with Crippen molar-refractivity contribution in [2.75, 3.05) is 18.7 Å². The van der Waals surface area contributed by atoms with Gasteiger partial charge in [-0.1, -0.05) is 6.08 Å². The van der Waals surface area contributed by atoms with E-state index in [9.17, 15) is 9.59 Å². The van der Waals surface area contributed by atoms with Crippen molar-refractivity contribution >= 4 is 17.4 Å². The maximum atomic E-state index is 12.1. The molecule has 6 nitrogen and oxygen atoms in total. The number of fused-ring (bicyclic) bond motifs is 1. The van der Waals surface area contributed by atoms with Gasteiger partial charge in [0, 0.05) is 11.6 Å². The number of Topliss-reactive ketones (excluding diaryl/α,β-unsaturated/α-hetero) is 1. The highest BCUT2D eigenvalue weighted by molar-refractivity contribution is 6.05. The number of ether oxygens (including phenoxy) is 3. The van der Waals surface area contributed by atoms with E-state index in [0.717, 1.165) is 0 Å². The molecular weight excluding hydrogens is 286 g/mol. The number of anilines is 1. The summed E-state index contributed by atoms with van der Waals surface area (Å²) in [5, 5.41) is 2.70. The van der Waals surface area contributed by atoms with Crippen LogP contribution in [0.4, 0.5) is 5.69 Å². The molecule has 1 aromatic carbocycles. The zero-order valence-electron chi connectivity index (χ0n) is 12.7. The molecule has 22 heavy (non-hydrogen) atoms. The number of amides is 1. The standard InChI is InChI=1S/C16H19NO5/c1-4-5-6-20-11(3)16(19)17-13-8-15-14(21-9-22-15)7-12(13)10(2)18/h4,7-8,11H,1,5-6,9H2,2-3H3,(H,17,19). The molecule has 1 unspecified atom stereocenters. The number of ketones is 1. The predicted molar refractivity (Wildman–Crippen MR) is 81.4 cm³/mol. The van der Waals surface area contributed by atoms with Gasteiger partial charge in [-0.25, -0.2) is 0 Å². The lowest BCUT2D eigenvalue weighted by Crippen LogP contribution is -2.28. The quantitative estimate of drug-likeness (QED) is 0.476. The van der Waals surface area contributed by atoms with E-state index in [1.807, 2.05) is 0 Å². The number of hydrogen-bond donors (Lipinski definition) is 1. The van der Waals surface area contributed by atoms with Gasteiger partial charge in [0.1, 0.15) is 6.10 Å². The van der Waals surface area contributed by atoms with Crippen molar-refractivity contribution in [3.05, 3.63) is 30.4 Å². The normalized spacial score (nSPS) is 13.5. The fourth-order valence-electron chi connectivity index (χ4n) is 1.97. The van der Waals surface area contributed by atoms with Crippen molar-refractivity contribution in [1.82, 2.24) is 0 Å². The zero-order chi connectivity index (χ0) is 16.1. The van der Waals surface area contributed by atoms with E-state index in [-0.39, 0.29) is 18.5 Å². The Morgan fingerprint density at radius 2 is 2.09 bits per heavy atom. The molecule has 1 aliphatic rings. The van der Waals surface area contributed by atoms with Gasteiger partial charge < -0.3 is 19.5 Å². The van der Waals surface area contributed by atoms with E-state index in [0.29, 0.717) is 35.8 Å². The Morgan fingerprint density at radius 3 is 2.73 bits per heavy atom. The number of carbonyl (C=O) groups excluding carboxylic acids is 2. The highest BCUT2D eigenvalue weighted by Gasteiger charge is 2.22. The van der Waals surface area contributed by atoms with Gasteiger partial charge in [0.25, 0.3) is 5.91 Å². The van der Waals surface area contributed by atoms with E-state index in [2.05, 4.69) is 11.9 Å². The van der Waals surface area contributed by atoms with E-state index in [1.165, 1.54) is 6.92 Å². The van der Waals surface area contributed by atoms with Crippen LogP contribution in [-0.2, 0) is 9.53 Å². The molecule has 0 aliphatic carbocycles. The zero-order valence-corrected chi connectivity index (χ0v) is 12.7. The van der Waals surface area contributed by atoms with Crippen molar-refractivity contribution in [1.29, 1.82) is 0 Å². The fourth-order valence-corrected chi connectivity index (χ4v) is 1.97. The molecule has 1 heterocycles. The summed E-state index contributed by atoms with van der Waals surface area (Å²) in [5.41, 5.74) is 0.761. The fraction of sp³-hybridized carbons (Fsp3) is 0.375. The van der Waals surface area contributed by atoms with Gasteiger partial charge in [-0.15, -0.1) is 6.58 Å². The van der Waals surface area contributed by atoms with Crippen LogP contribution in [0.1, 0.15) is 30.6 Å². The predicted octanol–water partition coefficient (Wildman–Crippen LogP) is 2.54. The molecular formula is C16H19NO5. The summed E-state index contributed by atoms with van der Waals surface area (Å²) in [6.45, 7) is 7.19. The minimum Gasteiger partial charge on any atom is -0.454 e. The molecule has 0 radical (unpaired) electrons. The summed E-state index contributed by atoms with van der Waals surface area (Å²) in [6.07, 6.45) is 1.75. The second-order valence-electron chi connectivity index (χ2n) is 4.89. The Balaban J connectivity index is 2.12. The van der Waals surface area contributed by atoms with Crippen LogP contribution in [0.2, 0.25) is 0 Å². The number of carbonyl (C=O) groups is 2. The molecule has 118 valence electrons. The van der Waals surface area contributed by atoms with Gasteiger partial charge in [-0.2, -0.15) is 0 Å². The Kier molecular flexibility index (Phi) is 5.16. The monoisotopic (exact) mass is 305 g/mol. The van der Waals surface area contributed by atoms with Crippen LogP contribution < -0.4 is 14.8 Å². The third-order valence-corrected chi connectivity index (χ3v) is 3.21. The molecule has 0 aromatic heterocycles. The van der Waals surface area contributed by atoms with Crippen LogP contribution in [0.25, 0.3) is 0 Å². The van der Waals surface area contributed by atoms with E-state index >= 15 is 0 Å². The topological polar surface area (TPSA) is 73.9 Å². The molecule has 0 spiro atoms. The van der Waals surface area contributed by atoms with Crippen molar-refractivity contribution < 1.29 is 23.8 Å². The third-order valence-electron chi connectivity index (χ3n) is 3.21. The van der Waals surface area contributed by atoms with Gasteiger partial charge in [-0.05, 0) is 26.3 Å². The van der Waals surface area contributed by atoms with Gasteiger partial charge in [-0.3, -0.25) is 9.59 Å². The van der Waals surface area contributed by atoms with Crippen molar-refractivity contribution in [3.8, 4) is 11.5 Å². The van der Waals surface area contributed by atoms with Crippen molar-refractivity contribution in [3.63, 3.8) is 0 Å². The maximum absolute atomic E-state index is 12.1. The smallest absolute Gasteiger partial charge is 0.253 e. The molecule has 0 bridgehead atoms. The van der Waals surface area contributed by atoms with E-state index < -0.39 is 6.10 Å². The first-order chi connectivity index (χ1) is 10.5. The molecule has 0 fully saturated rings. The van der Waals surface area contributed by atoms with Crippen LogP contribution >= 0.6 is 0 Å². The molecule has 0 saturated heterocycles. The Bertz CT molecular complexity index is 596. The van der Waals surface area contributed by atoms with E-state index in [4.69, 9.17) is 14.2 Å². The summed E-state index contributed by atoms with van der Waals surface area (Å²) in [7, 11) is 0. The average Bonchev–Trinajstić information content (AvgIpc) is 2.93. The Hall–Kier alpha value is -2.34. The highest BCUT2D eigenvalue weighted by Crippen LogP contribution is 2.37. The first kappa shape index (κ1) is 16.0. The van der Waals surface area contributed by atoms with Crippen molar-refractivity contribution in [2.24, 2.45) is 0 Å². The van der Waals surface area contributed by atoms with E-state index in [1.54, 1.807) is 25.1 Å². The SMILES string of the molecule is C=CCCOC(C)C(=O)Nc1cc2c(cc1C(C)=O)OCO2. The second kappa shape index (κ2) is 7.09. The molecule has 0 saturated carbocycles. The first-order valence-electron chi connectivity index (χ1n) is 7.01. The number of hydrogen-bond acceptors (Lipinski definition) is 5. The lowest BCUT2D eigenvalue weighted by molar-refractivity contribution is -0.126. The summed E-state index contributed by atoms with van der Waals surface area (Å²) >= 11 is 0. The first-order valence-corrected chi connectivity index (χ1v) is 7.01. The largest absolute Gasteiger partial charge is 0.454 e. The number of benzene rings is 1. The van der Waals surface area contributed by atoms with Crippen LogP contribution in [-0.4, -0.2) is 31.2 Å². The molecule has 6 heteroatoms. The summed E-state index contributed by atoms with van der Waals surface area (Å²) in [5.74, 6) is 0.498. The summed E-state index contributed by atoms with van der Waals surface area (Å²) in [6, 6.07) is 3.16. The lowest BCUT2D eigenvalue weighted by Gasteiger charge is -2.15. The van der Waals surface area contributed by atoms with Crippen LogP contribution in [0, 0.1) is 0 Å². The second-order valence-corrected chi connectivity index (χ2v) is 4.89. The molecule has 1 aliphatic heterocycles. The molecule has 2 rings (SSSR count). The lowest BCUT2D eigenvalue weighted by atomic mass is 10.1.